The van der Waals surface area contributed by atoms with Gasteiger partial charge in [0.1, 0.15) is 12.4 Å². The Labute approximate surface area is 81.1 Å². The quantitative estimate of drug-likeness (QED) is 0.742. The van der Waals surface area contributed by atoms with Crippen LogP contribution in [-0.2, 0) is 0 Å². The predicted molar refractivity (Wildman–Crippen MR) is 52.7 cm³/mol. The molecule has 0 bridgehead atoms. The minimum absolute atomic E-state index is 0.428. The lowest BCUT2D eigenvalue weighted by Crippen LogP contribution is -2.09. The van der Waals surface area contributed by atoms with Crippen molar-refractivity contribution >= 4 is 15.9 Å². The fourth-order valence-corrected chi connectivity index (χ4v) is 0.869. The fourth-order valence-electron chi connectivity index (χ4n) is 0.737. The van der Waals surface area contributed by atoms with Gasteiger partial charge in [-0.05, 0) is 18.6 Å². The van der Waals surface area contributed by atoms with Crippen molar-refractivity contribution in [1.82, 2.24) is 4.98 Å². The molecule has 1 heterocycles. The summed E-state index contributed by atoms with van der Waals surface area (Å²) in [4.78, 5) is 4.38. The third kappa shape index (κ3) is 3.22. The molecule has 1 atom stereocenters. The number of hydrogen-bond acceptors (Lipinski definition) is 2. The topological polar surface area (TPSA) is 22.1 Å². The van der Waals surface area contributed by atoms with Gasteiger partial charge < -0.3 is 4.74 Å². The van der Waals surface area contributed by atoms with Gasteiger partial charge in [0.25, 0.3) is 0 Å². The Hall–Kier alpha value is -0.570. The number of alkyl halides is 1. The van der Waals surface area contributed by atoms with E-state index in [0.717, 1.165) is 12.2 Å². The molecule has 0 aliphatic rings. The monoisotopic (exact) mass is 229 g/mol. The van der Waals surface area contributed by atoms with E-state index in [0.29, 0.717) is 11.4 Å². The second kappa shape index (κ2) is 5.14. The molecular formula is C9H12BrNO. The number of halogens is 1. The van der Waals surface area contributed by atoms with Gasteiger partial charge >= 0.3 is 0 Å². The van der Waals surface area contributed by atoms with Crippen LogP contribution in [0.3, 0.4) is 0 Å². The molecule has 12 heavy (non-hydrogen) atoms. The fraction of sp³-hybridized carbons (Fsp3) is 0.444. The molecule has 0 fully saturated rings. The van der Waals surface area contributed by atoms with Crippen molar-refractivity contribution in [2.45, 2.75) is 18.2 Å². The normalized spacial score (nSPS) is 12.5. The second-order valence-corrected chi connectivity index (χ2v) is 3.80. The zero-order valence-electron chi connectivity index (χ0n) is 7.03. The number of hydrogen-bond donors (Lipinski definition) is 0. The van der Waals surface area contributed by atoms with Crippen molar-refractivity contribution in [3.63, 3.8) is 0 Å². The number of nitrogens with zero attached hydrogens (tertiary/aromatic N) is 1. The summed E-state index contributed by atoms with van der Waals surface area (Å²) in [6.45, 7) is 2.81. The van der Waals surface area contributed by atoms with E-state index in [4.69, 9.17) is 4.74 Å². The van der Waals surface area contributed by atoms with Gasteiger partial charge in [0.15, 0.2) is 0 Å². The van der Waals surface area contributed by atoms with E-state index in [9.17, 15) is 0 Å². The summed E-state index contributed by atoms with van der Waals surface area (Å²) in [7, 11) is 0. The van der Waals surface area contributed by atoms with Crippen LogP contribution in [-0.4, -0.2) is 16.4 Å². The highest BCUT2D eigenvalue weighted by Crippen LogP contribution is 2.10. The lowest BCUT2D eigenvalue weighted by atomic mass is 10.3. The Bertz CT molecular complexity index is 215. The largest absolute Gasteiger partial charge is 0.491 e. The molecule has 0 N–H and O–H groups in total. The van der Waals surface area contributed by atoms with Crippen LogP contribution in [0.4, 0.5) is 0 Å². The maximum absolute atomic E-state index is 5.45. The first-order valence-corrected chi connectivity index (χ1v) is 4.91. The van der Waals surface area contributed by atoms with E-state index < -0.39 is 0 Å². The molecule has 0 radical (unpaired) electrons. The predicted octanol–water partition coefficient (Wildman–Crippen LogP) is 2.63. The molecule has 1 aromatic heterocycles. The van der Waals surface area contributed by atoms with Gasteiger partial charge in [0.2, 0.25) is 0 Å². The molecule has 0 aliphatic carbocycles. The van der Waals surface area contributed by atoms with Gasteiger partial charge in [-0.15, -0.1) is 0 Å². The lowest BCUT2D eigenvalue weighted by Gasteiger charge is -2.08. The van der Waals surface area contributed by atoms with Crippen molar-refractivity contribution in [1.29, 1.82) is 0 Å². The van der Waals surface area contributed by atoms with Crippen LogP contribution in [0.25, 0.3) is 0 Å². The zero-order chi connectivity index (χ0) is 8.81. The maximum Gasteiger partial charge on any atom is 0.137 e. The number of ether oxygens (including phenoxy) is 1. The summed E-state index contributed by atoms with van der Waals surface area (Å²) >= 11 is 3.49. The van der Waals surface area contributed by atoms with Crippen LogP contribution < -0.4 is 4.74 Å². The van der Waals surface area contributed by atoms with E-state index >= 15 is 0 Å². The molecule has 1 unspecified atom stereocenters. The highest BCUT2D eigenvalue weighted by Gasteiger charge is 2.00. The highest BCUT2D eigenvalue weighted by atomic mass is 79.9. The molecule has 0 aromatic carbocycles. The van der Waals surface area contributed by atoms with Gasteiger partial charge in [0, 0.05) is 11.0 Å². The Kier molecular flexibility index (Phi) is 4.08. The third-order valence-corrected chi connectivity index (χ3v) is 2.42. The van der Waals surface area contributed by atoms with Crippen LogP contribution in [0, 0.1) is 0 Å². The summed E-state index contributed by atoms with van der Waals surface area (Å²) < 4.78 is 5.45. The summed E-state index contributed by atoms with van der Waals surface area (Å²) in [5, 5.41) is 0. The highest BCUT2D eigenvalue weighted by molar-refractivity contribution is 9.09. The maximum atomic E-state index is 5.45. The van der Waals surface area contributed by atoms with Crippen molar-refractivity contribution in [3.8, 4) is 5.75 Å². The third-order valence-electron chi connectivity index (χ3n) is 1.51. The average Bonchev–Trinajstić information content (AvgIpc) is 2.16. The minimum Gasteiger partial charge on any atom is -0.491 e. The van der Waals surface area contributed by atoms with Crippen molar-refractivity contribution < 1.29 is 4.74 Å². The molecule has 3 heteroatoms. The van der Waals surface area contributed by atoms with Crippen LogP contribution >= 0.6 is 15.9 Å². The first kappa shape index (κ1) is 9.52. The molecule has 0 saturated heterocycles. The van der Waals surface area contributed by atoms with E-state index in [2.05, 4.69) is 27.8 Å². The zero-order valence-corrected chi connectivity index (χ0v) is 8.62. The van der Waals surface area contributed by atoms with Gasteiger partial charge in [-0.3, -0.25) is 4.98 Å². The second-order valence-electron chi connectivity index (χ2n) is 2.51. The first-order valence-electron chi connectivity index (χ1n) is 4.00. The van der Waals surface area contributed by atoms with Gasteiger partial charge in [-0.25, -0.2) is 0 Å². The Morgan fingerprint density at radius 2 is 2.50 bits per heavy atom. The number of pyridine rings is 1. The van der Waals surface area contributed by atoms with Crippen LogP contribution in [0.5, 0.6) is 5.75 Å². The van der Waals surface area contributed by atoms with Crippen LogP contribution in [0.15, 0.2) is 24.5 Å². The molecule has 0 saturated carbocycles. The molecular weight excluding hydrogens is 218 g/mol. The smallest absolute Gasteiger partial charge is 0.137 e. The van der Waals surface area contributed by atoms with Crippen LogP contribution in [0.2, 0.25) is 0 Å². The van der Waals surface area contributed by atoms with Crippen molar-refractivity contribution in [2.75, 3.05) is 6.61 Å². The van der Waals surface area contributed by atoms with Gasteiger partial charge in [0.05, 0.1) is 6.20 Å². The SMILES string of the molecule is CCC(Br)COc1cccnc1. The summed E-state index contributed by atoms with van der Waals surface area (Å²) in [5.41, 5.74) is 0. The Morgan fingerprint density at radius 1 is 1.67 bits per heavy atom. The van der Waals surface area contributed by atoms with E-state index in [-0.39, 0.29) is 0 Å². The lowest BCUT2D eigenvalue weighted by molar-refractivity contribution is 0.315. The average molecular weight is 230 g/mol. The van der Waals surface area contributed by atoms with Gasteiger partial charge in [-0.1, -0.05) is 22.9 Å². The molecule has 1 rings (SSSR count). The Morgan fingerprint density at radius 3 is 3.08 bits per heavy atom. The summed E-state index contributed by atoms with van der Waals surface area (Å²) in [6, 6.07) is 3.77. The van der Waals surface area contributed by atoms with E-state index in [1.54, 1.807) is 12.4 Å². The first-order chi connectivity index (χ1) is 5.83. The minimum atomic E-state index is 0.428. The standard InChI is InChI=1S/C9H12BrNO/c1-2-8(10)7-12-9-4-3-5-11-6-9/h3-6,8H,2,7H2,1H3. The van der Waals surface area contributed by atoms with E-state index in [1.807, 2.05) is 12.1 Å². The van der Waals surface area contributed by atoms with Crippen molar-refractivity contribution in [3.05, 3.63) is 24.5 Å². The molecule has 1 aromatic rings. The van der Waals surface area contributed by atoms with E-state index in [1.165, 1.54) is 0 Å². The molecule has 66 valence electrons. The van der Waals surface area contributed by atoms with Gasteiger partial charge in [-0.2, -0.15) is 0 Å². The number of aromatic nitrogens is 1. The Balaban J connectivity index is 2.33. The van der Waals surface area contributed by atoms with Crippen molar-refractivity contribution in [2.24, 2.45) is 0 Å². The summed E-state index contributed by atoms with van der Waals surface area (Å²) in [6.07, 6.45) is 4.52. The molecule has 2 nitrogen and oxygen atoms in total. The van der Waals surface area contributed by atoms with Crippen LogP contribution in [0.1, 0.15) is 13.3 Å². The molecule has 0 amide bonds. The molecule has 0 aliphatic heterocycles. The number of rotatable bonds is 4. The molecule has 0 spiro atoms. The summed E-state index contributed by atoms with van der Waals surface area (Å²) in [5.74, 6) is 0.829.